The van der Waals surface area contributed by atoms with E-state index >= 15 is 0 Å². The van der Waals surface area contributed by atoms with Crippen molar-refractivity contribution in [2.45, 2.75) is 26.8 Å². The van der Waals surface area contributed by atoms with E-state index in [0.717, 1.165) is 41.3 Å². The highest BCUT2D eigenvalue weighted by atomic mass is 35.5. The van der Waals surface area contributed by atoms with Crippen molar-refractivity contribution in [3.8, 4) is 5.69 Å². The molecule has 0 atom stereocenters. The molecule has 0 aliphatic rings. The van der Waals surface area contributed by atoms with E-state index in [4.69, 9.17) is 16.6 Å². The molecule has 19 heavy (non-hydrogen) atoms. The maximum absolute atomic E-state index is 5.90. The molecule has 0 fully saturated rings. The Morgan fingerprint density at radius 2 is 2.26 bits per heavy atom. The van der Waals surface area contributed by atoms with Gasteiger partial charge in [0.1, 0.15) is 11.3 Å². The van der Waals surface area contributed by atoms with E-state index in [-0.39, 0.29) is 0 Å². The number of hydrogen-bond donors (Lipinski definition) is 0. The predicted molar refractivity (Wildman–Crippen MR) is 79.6 cm³/mol. The first-order valence-corrected chi connectivity index (χ1v) is 7.77. The molecule has 0 saturated carbocycles. The van der Waals surface area contributed by atoms with Gasteiger partial charge in [0.05, 0.1) is 11.4 Å². The van der Waals surface area contributed by atoms with Crippen molar-refractivity contribution in [3.63, 3.8) is 0 Å². The Kier molecular flexibility index (Phi) is 3.33. The number of alkyl halides is 1. The number of hydrogen-bond acceptors (Lipinski definition) is 3. The summed E-state index contributed by atoms with van der Waals surface area (Å²) in [6.07, 6.45) is 0.759. The van der Waals surface area contributed by atoms with E-state index in [2.05, 4.69) is 33.4 Å². The molecule has 0 spiro atoms. The highest BCUT2D eigenvalue weighted by molar-refractivity contribution is 7.08. The molecule has 6 heteroatoms. The lowest BCUT2D eigenvalue weighted by molar-refractivity contribution is 0.659. The molecule has 3 aromatic heterocycles. The lowest BCUT2D eigenvalue weighted by Gasteiger charge is -2.07. The van der Waals surface area contributed by atoms with Gasteiger partial charge in [-0.15, -0.1) is 11.6 Å². The predicted octanol–water partition coefficient (Wildman–Crippen LogP) is 3.39. The van der Waals surface area contributed by atoms with Crippen LogP contribution in [-0.2, 0) is 13.0 Å². The summed E-state index contributed by atoms with van der Waals surface area (Å²) in [5.74, 6) is 1.58. The van der Waals surface area contributed by atoms with E-state index in [1.165, 1.54) is 0 Å². The van der Waals surface area contributed by atoms with Crippen molar-refractivity contribution in [1.82, 2.24) is 19.3 Å². The minimum absolute atomic E-state index is 0.572. The quantitative estimate of drug-likeness (QED) is 0.692. The third-order valence-electron chi connectivity index (χ3n) is 3.16. The second-order valence-corrected chi connectivity index (χ2v) is 5.52. The molecule has 0 unspecified atom stereocenters. The van der Waals surface area contributed by atoms with Crippen molar-refractivity contribution < 1.29 is 0 Å². The first-order valence-electron chi connectivity index (χ1n) is 6.29. The second kappa shape index (κ2) is 4.98. The van der Waals surface area contributed by atoms with Crippen molar-refractivity contribution in [2.24, 2.45) is 0 Å². The number of nitrogens with zero attached hydrogens (tertiary/aromatic N) is 4. The van der Waals surface area contributed by atoms with Crippen LogP contribution in [-0.4, -0.2) is 25.2 Å². The molecule has 0 saturated heterocycles. The topological polar surface area (TPSA) is 35.6 Å². The maximum atomic E-state index is 5.90. The molecule has 3 rings (SSSR count). The van der Waals surface area contributed by atoms with Crippen molar-refractivity contribution in [3.05, 3.63) is 28.3 Å². The number of fused-ring (bicyclic) bond motifs is 1. The summed E-state index contributed by atoms with van der Waals surface area (Å²) < 4.78 is 4.19. The largest absolute Gasteiger partial charge is 0.280 e. The first kappa shape index (κ1) is 12.7. The van der Waals surface area contributed by atoms with Gasteiger partial charge in [0.15, 0.2) is 5.65 Å². The van der Waals surface area contributed by atoms with Crippen molar-refractivity contribution >= 4 is 34.1 Å². The maximum Gasteiger partial charge on any atom is 0.163 e. The molecule has 100 valence electrons. The SMILES string of the molecule is CCn1nc(C)c2nc(CCCl)n(-c3ccsc3)c21. The summed E-state index contributed by atoms with van der Waals surface area (Å²) in [5, 5.41) is 8.74. The highest BCUT2D eigenvalue weighted by Crippen LogP contribution is 2.25. The van der Waals surface area contributed by atoms with Crippen LogP contribution in [0, 0.1) is 6.92 Å². The molecular weight excluding hydrogens is 280 g/mol. The van der Waals surface area contributed by atoms with E-state index < -0.39 is 0 Å². The van der Waals surface area contributed by atoms with Crippen molar-refractivity contribution in [1.29, 1.82) is 0 Å². The third-order valence-corrected chi connectivity index (χ3v) is 4.02. The van der Waals surface area contributed by atoms with E-state index in [1.807, 2.05) is 11.6 Å². The molecular formula is C13H15ClN4S. The zero-order valence-corrected chi connectivity index (χ0v) is 12.5. The number of imidazole rings is 1. The fourth-order valence-corrected chi connectivity index (χ4v) is 3.13. The molecule has 0 aromatic carbocycles. The molecule has 4 nitrogen and oxygen atoms in total. The van der Waals surface area contributed by atoms with Crippen LogP contribution in [0.5, 0.6) is 0 Å². The lowest BCUT2D eigenvalue weighted by Crippen LogP contribution is -2.06. The van der Waals surface area contributed by atoms with Crippen LogP contribution in [0.2, 0.25) is 0 Å². The van der Waals surface area contributed by atoms with Crippen LogP contribution in [0.15, 0.2) is 16.8 Å². The minimum Gasteiger partial charge on any atom is -0.280 e. The molecule has 0 bridgehead atoms. The highest BCUT2D eigenvalue weighted by Gasteiger charge is 2.19. The van der Waals surface area contributed by atoms with Gasteiger partial charge < -0.3 is 0 Å². The van der Waals surface area contributed by atoms with Gasteiger partial charge in [-0.2, -0.15) is 16.4 Å². The van der Waals surface area contributed by atoms with Gasteiger partial charge in [-0.25, -0.2) is 9.67 Å². The van der Waals surface area contributed by atoms with Crippen LogP contribution in [0.3, 0.4) is 0 Å². The average Bonchev–Trinajstić information content (AvgIpc) is 3.07. The molecule has 3 heterocycles. The van der Waals surface area contributed by atoms with Gasteiger partial charge in [0.2, 0.25) is 0 Å². The number of aromatic nitrogens is 4. The summed E-state index contributed by atoms with van der Waals surface area (Å²) in [4.78, 5) is 4.73. The molecule has 0 aliphatic heterocycles. The van der Waals surface area contributed by atoms with Gasteiger partial charge in [-0.05, 0) is 25.3 Å². The third kappa shape index (κ3) is 1.97. The summed E-state index contributed by atoms with van der Waals surface area (Å²) >= 11 is 7.59. The fourth-order valence-electron chi connectivity index (χ4n) is 2.34. The Morgan fingerprint density at radius 1 is 1.42 bits per heavy atom. The zero-order valence-electron chi connectivity index (χ0n) is 10.9. The second-order valence-electron chi connectivity index (χ2n) is 4.36. The van der Waals surface area contributed by atoms with Gasteiger partial charge in [0.25, 0.3) is 0 Å². The lowest BCUT2D eigenvalue weighted by atomic mass is 10.4. The van der Waals surface area contributed by atoms with Crippen LogP contribution < -0.4 is 0 Å². The number of halogens is 1. The minimum atomic E-state index is 0.572. The summed E-state index contributed by atoms with van der Waals surface area (Å²) in [6.45, 7) is 4.93. The Hall–Kier alpha value is -1.33. The Morgan fingerprint density at radius 3 is 2.89 bits per heavy atom. The monoisotopic (exact) mass is 294 g/mol. The summed E-state index contributed by atoms with van der Waals surface area (Å²) in [6, 6.07) is 2.10. The zero-order chi connectivity index (χ0) is 13.4. The molecule has 0 aliphatic carbocycles. The van der Waals surface area contributed by atoms with E-state index in [1.54, 1.807) is 11.3 Å². The molecule has 3 aromatic rings. The van der Waals surface area contributed by atoms with Gasteiger partial charge in [-0.3, -0.25) is 4.57 Å². The van der Waals surface area contributed by atoms with Gasteiger partial charge in [0, 0.05) is 24.2 Å². The normalized spacial score (nSPS) is 11.5. The first-order chi connectivity index (χ1) is 9.26. The number of aryl methyl sites for hydroxylation is 3. The van der Waals surface area contributed by atoms with Crippen LogP contribution in [0.1, 0.15) is 18.4 Å². The van der Waals surface area contributed by atoms with Crippen LogP contribution in [0.25, 0.3) is 16.9 Å². The summed E-state index contributed by atoms with van der Waals surface area (Å²) in [7, 11) is 0. The fraction of sp³-hybridized carbons (Fsp3) is 0.385. The molecule has 0 amide bonds. The number of thiophene rings is 1. The van der Waals surface area contributed by atoms with Crippen LogP contribution >= 0.6 is 22.9 Å². The van der Waals surface area contributed by atoms with E-state index in [9.17, 15) is 0 Å². The Bertz CT molecular complexity index is 696. The number of rotatable bonds is 4. The molecule has 0 N–H and O–H groups in total. The van der Waals surface area contributed by atoms with E-state index in [0.29, 0.717) is 5.88 Å². The molecule has 0 radical (unpaired) electrons. The Labute approximate surface area is 120 Å². The Balaban J connectivity index is 2.33. The standard InChI is InChI=1S/C13H15ClN4S/c1-3-17-13-12(9(2)16-17)15-11(4-6-14)18(13)10-5-7-19-8-10/h5,7-8H,3-4,6H2,1-2H3. The van der Waals surface area contributed by atoms with Gasteiger partial charge >= 0.3 is 0 Å². The van der Waals surface area contributed by atoms with Gasteiger partial charge in [-0.1, -0.05) is 0 Å². The van der Waals surface area contributed by atoms with Crippen molar-refractivity contribution in [2.75, 3.05) is 5.88 Å². The average molecular weight is 295 g/mol. The smallest absolute Gasteiger partial charge is 0.163 e. The summed E-state index contributed by atoms with van der Waals surface area (Å²) in [5.41, 5.74) is 4.16. The van der Waals surface area contributed by atoms with Crippen LogP contribution in [0.4, 0.5) is 0 Å².